The van der Waals surface area contributed by atoms with Crippen molar-refractivity contribution in [3.05, 3.63) is 246 Å². The molecule has 9 aromatic rings. The molecule has 0 saturated carbocycles. The molecular formula is C56H41N. The number of rotatable bonds is 6. The van der Waals surface area contributed by atoms with Crippen LogP contribution in [0.3, 0.4) is 0 Å². The summed E-state index contributed by atoms with van der Waals surface area (Å²) in [5.74, 6) is 0. The van der Waals surface area contributed by atoms with E-state index in [2.05, 4.69) is 231 Å². The molecule has 1 nitrogen and oxygen atoms in total. The molecule has 2 aliphatic carbocycles. The highest BCUT2D eigenvalue weighted by molar-refractivity contribution is 6.10. The zero-order valence-corrected chi connectivity index (χ0v) is 32.2. The first-order valence-corrected chi connectivity index (χ1v) is 20.0. The Kier molecular flexibility index (Phi) is 7.50. The van der Waals surface area contributed by atoms with Crippen LogP contribution in [-0.2, 0) is 10.8 Å². The van der Waals surface area contributed by atoms with Crippen molar-refractivity contribution in [1.29, 1.82) is 0 Å². The van der Waals surface area contributed by atoms with E-state index in [0.717, 1.165) is 5.69 Å². The zero-order valence-electron chi connectivity index (χ0n) is 32.2. The molecule has 0 aromatic heterocycles. The lowest BCUT2D eigenvalue weighted by molar-refractivity contribution is 0.660. The van der Waals surface area contributed by atoms with E-state index in [9.17, 15) is 0 Å². The molecular weight excluding hydrogens is 687 g/mol. The largest absolute Gasteiger partial charge is 0.309 e. The molecule has 0 unspecified atom stereocenters. The number of benzene rings is 9. The Balaban J connectivity index is 1.34. The lowest BCUT2D eigenvalue weighted by atomic mass is 9.66. The minimum atomic E-state index is -0.568. The number of para-hydroxylation sites is 1. The van der Waals surface area contributed by atoms with Crippen LogP contribution >= 0.6 is 0 Å². The van der Waals surface area contributed by atoms with E-state index in [1.54, 1.807) is 0 Å². The maximum absolute atomic E-state index is 2.60. The van der Waals surface area contributed by atoms with E-state index in [1.165, 1.54) is 88.9 Å². The fourth-order valence-corrected chi connectivity index (χ4v) is 10.3. The summed E-state index contributed by atoms with van der Waals surface area (Å²) >= 11 is 0. The topological polar surface area (TPSA) is 3.24 Å². The average molecular weight is 728 g/mol. The molecule has 270 valence electrons. The van der Waals surface area contributed by atoms with Gasteiger partial charge in [-0.15, -0.1) is 0 Å². The molecule has 9 aromatic carbocycles. The van der Waals surface area contributed by atoms with Crippen molar-refractivity contribution < 1.29 is 0 Å². The van der Waals surface area contributed by atoms with E-state index >= 15 is 0 Å². The van der Waals surface area contributed by atoms with Gasteiger partial charge in [0.25, 0.3) is 0 Å². The Morgan fingerprint density at radius 2 is 0.877 bits per heavy atom. The second-order valence-electron chi connectivity index (χ2n) is 16.0. The summed E-state index contributed by atoms with van der Waals surface area (Å²) in [6, 6.07) is 78.9. The fourth-order valence-electron chi connectivity index (χ4n) is 10.3. The van der Waals surface area contributed by atoms with Crippen molar-refractivity contribution in [2.24, 2.45) is 0 Å². The van der Waals surface area contributed by atoms with Crippen molar-refractivity contribution in [2.45, 2.75) is 24.7 Å². The standard InChI is InChI=1S/C56H41N/c1-55(2)46-32-17-14-30-44(46)52-48(55)34-20-36-50(52)57(49-35-19-16-28-42(49)38-21-6-3-7-22-38)51-37-39-23-12-13-29-43(39)54-53(51)45-31-15-18-33-47(45)56(54,40-24-8-4-9-25-40)41-26-10-5-11-27-41/h3-37H,1-2H3. The monoisotopic (exact) mass is 727 g/mol. The van der Waals surface area contributed by atoms with Crippen LogP contribution in [0.4, 0.5) is 17.1 Å². The second kappa shape index (κ2) is 12.8. The van der Waals surface area contributed by atoms with Gasteiger partial charge in [-0.3, -0.25) is 0 Å². The molecule has 0 fully saturated rings. The third-order valence-corrected chi connectivity index (χ3v) is 12.7. The van der Waals surface area contributed by atoms with Crippen LogP contribution in [0, 0.1) is 0 Å². The van der Waals surface area contributed by atoms with E-state index in [1.807, 2.05) is 0 Å². The quantitative estimate of drug-likeness (QED) is 0.165. The Labute approximate surface area is 335 Å². The summed E-state index contributed by atoms with van der Waals surface area (Å²) in [7, 11) is 0. The number of fused-ring (bicyclic) bond motifs is 8. The molecule has 0 N–H and O–H groups in total. The van der Waals surface area contributed by atoms with Crippen LogP contribution in [-0.4, -0.2) is 0 Å². The molecule has 0 aliphatic heterocycles. The molecule has 0 spiro atoms. The van der Waals surface area contributed by atoms with Crippen molar-refractivity contribution in [3.63, 3.8) is 0 Å². The summed E-state index contributed by atoms with van der Waals surface area (Å²) in [5.41, 5.74) is 18.1. The van der Waals surface area contributed by atoms with Gasteiger partial charge in [0.15, 0.2) is 0 Å². The third-order valence-electron chi connectivity index (χ3n) is 12.7. The number of anilines is 3. The van der Waals surface area contributed by atoms with Gasteiger partial charge in [-0.05, 0) is 79.0 Å². The molecule has 0 atom stereocenters. The van der Waals surface area contributed by atoms with Crippen molar-refractivity contribution in [1.82, 2.24) is 0 Å². The molecule has 11 rings (SSSR count). The van der Waals surface area contributed by atoms with Gasteiger partial charge < -0.3 is 4.90 Å². The third kappa shape index (κ3) is 4.76. The highest BCUT2D eigenvalue weighted by Gasteiger charge is 2.49. The first-order chi connectivity index (χ1) is 28.1. The molecule has 1 heteroatoms. The smallest absolute Gasteiger partial charge is 0.0720 e. The highest BCUT2D eigenvalue weighted by atomic mass is 15.2. The predicted molar refractivity (Wildman–Crippen MR) is 239 cm³/mol. The van der Waals surface area contributed by atoms with E-state index in [0.29, 0.717) is 0 Å². The molecule has 0 heterocycles. The van der Waals surface area contributed by atoms with Crippen LogP contribution in [0.1, 0.15) is 47.2 Å². The highest BCUT2D eigenvalue weighted by Crippen LogP contribution is 2.63. The first-order valence-electron chi connectivity index (χ1n) is 20.0. The SMILES string of the molecule is CC1(C)c2ccccc2-c2c(N(c3ccccc3-c3ccccc3)c3cc4ccccc4c4c3-c3ccccc3C4(c3ccccc3)c3ccccc3)cccc21. The lowest BCUT2D eigenvalue weighted by Crippen LogP contribution is -2.29. The zero-order chi connectivity index (χ0) is 38.1. The summed E-state index contributed by atoms with van der Waals surface area (Å²) in [6.07, 6.45) is 0. The van der Waals surface area contributed by atoms with Gasteiger partial charge in [-0.25, -0.2) is 0 Å². The van der Waals surface area contributed by atoms with Crippen molar-refractivity contribution in [3.8, 4) is 33.4 Å². The Bertz CT molecular complexity index is 2940. The summed E-state index contributed by atoms with van der Waals surface area (Å²) in [6.45, 7) is 4.75. The fraction of sp³-hybridized carbons (Fsp3) is 0.0714. The maximum atomic E-state index is 2.60. The Hall–Kier alpha value is -6.96. The maximum Gasteiger partial charge on any atom is 0.0720 e. The van der Waals surface area contributed by atoms with E-state index in [-0.39, 0.29) is 5.41 Å². The van der Waals surface area contributed by atoms with Crippen LogP contribution in [0.2, 0.25) is 0 Å². The van der Waals surface area contributed by atoms with Gasteiger partial charge >= 0.3 is 0 Å². The van der Waals surface area contributed by atoms with Gasteiger partial charge in [-0.2, -0.15) is 0 Å². The number of hydrogen-bond acceptors (Lipinski definition) is 1. The molecule has 0 amide bonds. The van der Waals surface area contributed by atoms with Crippen LogP contribution in [0.25, 0.3) is 44.2 Å². The predicted octanol–water partition coefficient (Wildman–Crippen LogP) is 14.6. The van der Waals surface area contributed by atoms with E-state index < -0.39 is 5.41 Å². The van der Waals surface area contributed by atoms with Gasteiger partial charge in [-0.1, -0.05) is 208 Å². The Morgan fingerprint density at radius 3 is 1.58 bits per heavy atom. The van der Waals surface area contributed by atoms with E-state index in [4.69, 9.17) is 0 Å². The van der Waals surface area contributed by atoms with Crippen LogP contribution in [0.15, 0.2) is 212 Å². The summed E-state index contributed by atoms with van der Waals surface area (Å²) < 4.78 is 0. The van der Waals surface area contributed by atoms with Crippen LogP contribution < -0.4 is 4.90 Å². The van der Waals surface area contributed by atoms with Gasteiger partial charge in [0.1, 0.15) is 0 Å². The molecule has 0 bridgehead atoms. The normalized spacial score (nSPS) is 14.1. The summed E-state index contributed by atoms with van der Waals surface area (Å²) in [4.78, 5) is 2.60. The molecule has 2 aliphatic rings. The molecule has 0 saturated heterocycles. The van der Waals surface area contributed by atoms with Gasteiger partial charge in [0.2, 0.25) is 0 Å². The van der Waals surface area contributed by atoms with Crippen molar-refractivity contribution in [2.75, 3.05) is 4.90 Å². The first kappa shape index (κ1) is 33.4. The average Bonchev–Trinajstić information content (AvgIpc) is 3.72. The molecule has 57 heavy (non-hydrogen) atoms. The lowest BCUT2D eigenvalue weighted by Gasteiger charge is -2.36. The molecule has 0 radical (unpaired) electrons. The number of hydrogen-bond donors (Lipinski definition) is 0. The summed E-state index contributed by atoms with van der Waals surface area (Å²) in [5, 5.41) is 2.48. The Morgan fingerprint density at radius 1 is 0.368 bits per heavy atom. The van der Waals surface area contributed by atoms with Crippen LogP contribution in [0.5, 0.6) is 0 Å². The van der Waals surface area contributed by atoms with Crippen molar-refractivity contribution >= 4 is 27.8 Å². The van der Waals surface area contributed by atoms with Gasteiger partial charge in [0, 0.05) is 22.1 Å². The second-order valence-corrected chi connectivity index (χ2v) is 16.0. The minimum Gasteiger partial charge on any atom is -0.309 e. The minimum absolute atomic E-state index is 0.153. The number of nitrogens with zero attached hydrogens (tertiary/aromatic N) is 1. The van der Waals surface area contributed by atoms with Gasteiger partial charge in [0.05, 0.1) is 22.5 Å².